The van der Waals surface area contributed by atoms with Gasteiger partial charge in [0.15, 0.2) is 0 Å². The highest BCUT2D eigenvalue weighted by Gasteiger charge is 2.46. The first-order valence-corrected chi connectivity index (χ1v) is 22.3. The highest BCUT2D eigenvalue weighted by molar-refractivity contribution is 6.20. The maximum atomic E-state index is 6.70. The van der Waals surface area contributed by atoms with Crippen LogP contribution >= 0.6 is 0 Å². The van der Waals surface area contributed by atoms with Crippen molar-refractivity contribution in [1.82, 2.24) is 0 Å². The van der Waals surface area contributed by atoms with Crippen molar-refractivity contribution in [3.63, 3.8) is 0 Å². The molecule has 0 atom stereocenters. The molecule has 0 fully saturated rings. The third-order valence-electron chi connectivity index (χ3n) is 13.5. The van der Waals surface area contributed by atoms with E-state index >= 15 is 0 Å². The molecule has 0 bridgehead atoms. The monoisotopic (exact) mass is 807 g/mol. The lowest BCUT2D eigenvalue weighted by Crippen LogP contribution is -2.34. The molecule has 0 aliphatic heterocycles. The van der Waals surface area contributed by atoms with Gasteiger partial charge in [-0.05, 0) is 121 Å². The molecule has 308 valence electrons. The smallest absolute Gasteiger partial charge is 0.136 e. The fraction of sp³-hybridized carbons (Fsp3) is 0.233. The minimum atomic E-state index is -0.664. The Hall–Kier alpha value is -6.38. The second-order valence-corrected chi connectivity index (χ2v) is 20.7. The molecule has 8 aromatic carbocycles. The fourth-order valence-corrected chi connectivity index (χ4v) is 10.1. The number of rotatable bonds is 5. The first-order valence-electron chi connectivity index (χ1n) is 22.3. The third-order valence-corrected chi connectivity index (χ3v) is 13.5. The van der Waals surface area contributed by atoms with Crippen LogP contribution in [0.25, 0.3) is 43.8 Å². The van der Waals surface area contributed by atoms with Gasteiger partial charge in [0.05, 0.1) is 11.1 Å². The number of nitrogens with zero attached hydrogens (tertiary/aromatic N) is 1. The van der Waals surface area contributed by atoms with E-state index < -0.39 is 5.41 Å². The second-order valence-electron chi connectivity index (χ2n) is 20.7. The van der Waals surface area contributed by atoms with Crippen molar-refractivity contribution in [2.24, 2.45) is 0 Å². The van der Waals surface area contributed by atoms with Crippen molar-refractivity contribution in [2.75, 3.05) is 4.90 Å². The van der Waals surface area contributed by atoms with Crippen LogP contribution in [0.3, 0.4) is 0 Å². The first-order chi connectivity index (χ1) is 29.5. The van der Waals surface area contributed by atoms with Crippen molar-refractivity contribution in [2.45, 2.75) is 90.9 Å². The second kappa shape index (κ2) is 14.1. The molecule has 1 heterocycles. The van der Waals surface area contributed by atoms with Gasteiger partial charge in [-0.15, -0.1) is 0 Å². The van der Waals surface area contributed by atoms with Crippen molar-refractivity contribution in [3.05, 3.63) is 208 Å². The average molecular weight is 808 g/mol. The number of hydrogen-bond donors (Lipinski definition) is 0. The quantitative estimate of drug-likeness (QED) is 0.172. The highest BCUT2D eigenvalue weighted by atomic mass is 16.3. The minimum Gasteiger partial charge on any atom is -0.456 e. The lowest BCUT2D eigenvalue weighted by atomic mass is 9.59. The summed E-state index contributed by atoms with van der Waals surface area (Å²) in [6.07, 6.45) is 0. The summed E-state index contributed by atoms with van der Waals surface area (Å²) < 4.78 is 6.70. The minimum absolute atomic E-state index is 0.0123. The van der Waals surface area contributed by atoms with Crippen LogP contribution in [0.4, 0.5) is 17.1 Å². The van der Waals surface area contributed by atoms with Gasteiger partial charge < -0.3 is 9.32 Å². The lowest BCUT2D eigenvalue weighted by Gasteiger charge is -2.43. The van der Waals surface area contributed by atoms with E-state index in [4.69, 9.17) is 4.42 Å². The van der Waals surface area contributed by atoms with E-state index in [0.717, 1.165) is 39.0 Å². The van der Waals surface area contributed by atoms with Crippen LogP contribution in [0.5, 0.6) is 0 Å². The summed E-state index contributed by atoms with van der Waals surface area (Å²) in [5.41, 5.74) is 17.3. The third kappa shape index (κ3) is 6.21. The molecule has 0 spiro atoms. The van der Waals surface area contributed by atoms with E-state index in [-0.39, 0.29) is 16.2 Å². The molecule has 0 saturated heterocycles. The van der Waals surface area contributed by atoms with E-state index in [9.17, 15) is 0 Å². The number of furan rings is 1. The standard InChI is InChI=1S/C60H57NO/c1-38-18-30-44(31-19-38)61(45-32-28-41(29-33-45)59(8,9)10)51-36-34-48-54-46(51)15-13-16-49(54)60(42-24-20-39(21-25-42)57(2,3)4,43-26-22-40(23-27-43)58(5,6)7)50-35-37-53-56(55(48)50)47-14-11-12-17-52(47)62-53/h11-37H,1-10H3. The van der Waals surface area contributed by atoms with Crippen LogP contribution in [0.2, 0.25) is 0 Å². The Bertz CT molecular complexity index is 3080. The Morgan fingerprint density at radius 3 is 1.50 bits per heavy atom. The highest BCUT2D eigenvalue weighted by Crippen LogP contribution is 2.59. The number of para-hydroxylation sites is 1. The lowest BCUT2D eigenvalue weighted by molar-refractivity contribution is 0.588. The Labute approximate surface area is 367 Å². The molecule has 1 aromatic heterocycles. The van der Waals surface area contributed by atoms with Gasteiger partial charge >= 0.3 is 0 Å². The van der Waals surface area contributed by atoms with E-state index in [1.54, 1.807) is 0 Å². The summed E-state index contributed by atoms with van der Waals surface area (Å²) in [6.45, 7) is 22.8. The molecule has 0 radical (unpaired) electrons. The average Bonchev–Trinajstić information content (AvgIpc) is 3.64. The Kier molecular flexibility index (Phi) is 9.02. The maximum Gasteiger partial charge on any atom is 0.136 e. The van der Waals surface area contributed by atoms with Crippen LogP contribution in [0.15, 0.2) is 168 Å². The molecule has 10 rings (SSSR count). The number of fused-ring (bicyclic) bond motifs is 6. The zero-order chi connectivity index (χ0) is 43.3. The molecular weight excluding hydrogens is 751 g/mol. The summed E-state index contributed by atoms with van der Waals surface area (Å²) in [5, 5.41) is 4.77. The Morgan fingerprint density at radius 1 is 0.419 bits per heavy atom. The fourth-order valence-electron chi connectivity index (χ4n) is 10.1. The summed E-state index contributed by atoms with van der Waals surface area (Å²) in [7, 11) is 0. The molecule has 0 amide bonds. The Morgan fingerprint density at radius 2 is 0.935 bits per heavy atom. The molecule has 0 N–H and O–H groups in total. The van der Waals surface area contributed by atoms with Crippen LogP contribution < -0.4 is 4.90 Å². The molecule has 9 aromatic rings. The SMILES string of the molecule is Cc1ccc(N(c2ccc(C(C)(C)C)cc2)c2ccc3c4c(cccc24)C(c2ccc(C(C)(C)C)cc2)(c2ccc(C(C)(C)C)cc2)c2ccc4oc5ccccc5c4c2-3)cc1. The van der Waals surface area contributed by atoms with E-state index in [1.807, 2.05) is 0 Å². The number of anilines is 3. The summed E-state index contributed by atoms with van der Waals surface area (Å²) >= 11 is 0. The zero-order valence-corrected chi connectivity index (χ0v) is 37.9. The van der Waals surface area contributed by atoms with Crippen LogP contribution in [0, 0.1) is 6.92 Å². The number of benzene rings is 8. The van der Waals surface area contributed by atoms with Gasteiger partial charge in [-0.25, -0.2) is 0 Å². The molecular formula is C60H57NO. The van der Waals surface area contributed by atoms with Crippen LogP contribution in [0.1, 0.15) is 107 Å². The van der Waals surface area contributed by atoms with Gasteiger partial charge in [-0.1, -0.05) is 189 Å². The van der Waals surface area contributed by atoms with E-state index in [1.165, 1.54) is 66.4 Å². The van der Waals surface area contributed by atoms with Crippen molar-refractivity contribution in [1.29, 1.82) is 0 Å². The number of hydrogen-bond acceptors (Lipinski definition) is 2. The predicted octanol–water partition coefficient (Wildman–Crippen LogP) is 16.8. The topological polar surface area (TPSA) is 16.4 Å². The normalized spacial score (nSPS) is 13.8. The molecule has 1 aliphatic carbocycles. The van der Waals surface area contributed by atoms with Crippen molar-refractivity contribution < 1.29 is 4.42 Å². The van der Waals surface area contributed by atoms with Gasteiger partial charge in [0, 0.05) is 27.5 Å². The molecule has 2 nitrogen and oxygen atoms in total. The van der Waals surface area contributed by atoms with E-state index in [2.05, 4.69) is 238 Å². The zero-order valence-electron chi connectivity index (χ0n) is 37.9. The van der Waals surface area contributed by atoms with Crippen LogP contribution in [-0.2, 0) is 21.7 Å². The molecule has 1 aliphatic rings. The van der Waals surface area contributed by atoms with Gasteiger partial charge in [0.2, 0.25) is 0 Å². The van der Waals surface area contributed by atoms with Crippen LogP contribution in [-0.4, -0.2) is 0 Å². The molecule has 2 heteroatoms. The van der Waals surface area contributed by atoms with Crippen molar-refractivity contribution >= 4 is 49.8 Å². The van der Waals surface area contributed by atoms with Gasteiger partial charge in [-0.3, -0.25) is 0 Å². The maximum absolute atomic E-state index is 6.70. The van der Waals surface area contributed by atoms with E-state index in [0.29, 0.717) is 0 Å². The summed E-state index contributed by atoms with van der Waals surface area (Å²) in [5.74, 6) is 0. The summed E-state index contributed by atoms with van der Waals surface area (Å²) in [4.78, 5) is 2.45. The van der Waals surface area contributed by atoms with Gasteiger partial charge in [0.1, 0.15) is 11.2 Å². The molecule has 0 unspecified atom stereocenters. The molecule has 62 heavy (non-hydrogen) atoms. The summed E-state index contributed by atoms with van der Waals surface area (Å²) in [6, 6.07) is 62.1. The van der Waals surface area contributed by atoms with Gasteiger partial charge in [-0.2, -0.15) is 0 Å². The first kappa shape index (κ1) is 39.7. The largest absolute Gasteiger partial charge is 0.456 e. The van der Waals surface area contributed by atoms with Gasteiger partial charge in [0.25, 0.3) is 0 Å². The van der Waals surface area contributed by atoms with Crippen molar-refractivity contribution in [3.8, 4) is 11.1 Å². The predicted molar refractivity (Wildman–Crippen MR) is 264 cm³/mol. The number of aryl methyl sites for hydroxylation is 1. The molecule has 0 saturated carbocycles. The Balaban J connectivity index is 1.36.